The molecule has 1 aromatic rings. The summed E-state index contributed by atoms with van der Waals surface area (Å²) in [5, 5.41) is 0. The molecule has 80 valence electrons. The van der Waals surface area contributed by atoms with Crippen LogP contribution in [0.25, 0.3) is 0 Å². The first-order valence-electron chi connectivity index (χ1n) is 4.40. The fourth-order valence-electron chi connectivity index (χ4n) is 1.32. The molecule has 0 amide bonds. The molecule has 15 heavy (non-hydrogen) atoms. The minimum absolute atomic E-state index is 0.186. The fraction of sp³-hybridized carbons (Fsp3) is 0.300. The molecule has 0 aliphatic carbocycles. The summed E-state index contributed by atoms with van der Waals surface area (Å²) in [6.45, 7) is 1.04. The number of carbonyl (C=O) groups excluding carboxylic acids is 1. The van der Waals surface area contributed by atoms with E-state index in [1.807, 2.05) is 0 Å². The van der Waals surface area contributed by atoms with Gasteiger partial charge >= 0.3 is 0 Å². The van der Waals surface area contributed by atoms with E-state index in [1.54, 1.807) is 18.2 Å². The Morgan fingerprint density at radius 2 is 2.00 bits per heavy atom. The van der Waals surface area contributed by atoms with Crippen LogP contribution in [-0.4, -0.2) is 23.3 Å². The quantitative estimate of drug-likeness (QED) is 0.621. The molecule has 0 saturated carbocycles. The van der Waals surface area contributed by atoms with Crippen LogP contribution in [0.3, 0.4) is 0 Å². The predicted octanol–water partition coefficient (Wildman–Crippen LogP) is 2.60. The van der Waals surface area contributed by atoms with Gasteiger partial charge in [0.25, 0.3) is 0 Å². The molecule has 2 rings (SSSR count). The molecule has 1 aromatic carbocycles. The second-order valence-electron chi connectivity index (χ2n) is 3.02. The van der Waals surface area contributed by atoms with Gasteiger partial charge in [0, 0.05) is 5.56 Å². The van der Waals surface area contributed by atoms with Crippen molar-refractivity contribution in [3.63, 3.8) is 0 Å². The van der Waals surface area contributed by atoms with E-state index in [2.05, 4.69) is 15.9 Å². The average molecular weight is 292 g/mol. The summed E-state index contributed by atoms with van der Waals surface area (Å²) in [6.07, 6.45) is 0. The number of rotatable bonds is 2. The molecule has 1 aliphatic heterocycles. The molecule has 5 heteroatoms. The van der Waals surface area contributed by atoms with E-state index in [4.69, 9.17) is 21.1 Å². The zero-order chi connectivity index (χ0) is 10.8. The Morgan fingerprint density at radius 3 is 2.67 bits per heavy atom. The molecule has 0 spiro atoms. The molecule has 1 unspecified atom stereocenters. The lowest BCUT2D eigenvalue weighted by atomic mass is 10.1. The van der Waals surface area contributed by atoms with Gasteiger partial charge in [-0.15, -0.1) is 11.6 Å². The highest BCUT2D eigenvalue weighted by Crippen LogP contribution is 2.31. The normalized spacial score (nSPS) is 15.9. The number of benzene rings is 1. The van der Waals surface area contributed by atoms with E-state index in [9.17, 15) is 4.79 Å². The standard InChI is InChI=1S/C10H8BrClO3/c11-10(12)9(13)6-1-2-7-8(5-6)15-4-3-14-7/h1-2,5,10H,3-4H2. The van der Waals surface area contributed by atoms with Crippen LogP contribution in [0.15, 0.2) is 18.2 Å². The lowest BCUT2D eigenvalue weighted by molar-refractivity contribution is 0.101. The molecule has 0 fully saturated rings. The second-order valence-corrected chi connectivity index (χ2v) is 4.90. The van der Waals surface area contributed by atoms with E-state index in [0.29, 0.717) is 30.3 Å². The molecule has 0 radical (unpaired) electrons. The van der Waals surface area contributed by atoms with E-state index in [-0.39, 0.29) is 5.78 Å². The van der Waals surface area contributed by atoms with Crippen molar-refractivity contribution in [2.45, 2.75) is 4.29 Å². The Morgan fingerprint density at radius 1 is 1.33 bits per heavy atom. The minimum Gasteiger partial charge on any atom is -0.486 e. The molecule has 1 atom stereocenters. The van der Waals surface area contributed by atoms with Crippen LogP contribution in [0.2, 0.25) is 0 Å². The van der Waals surface area contributed by atoms with Gasteiger partial charge in [-0.05, 0) is 18.2 Å². The number of halogens is 2. The Balaban J connectivity index is 2.32. The zero-order valence-corrected chi connectivity index (χ0v) is 10.0. The molecular formula is C10H8BrClO3. The summed E-state index contributed by atoms with van der Waals surface area (Å²) in [5.74, 6) is 1.07. The van der Waals surface area contributed by atoms with Crippen LogP contribution in [-0.2, 0) is 0 Å². The van der Waals surface area contributed by atoms with Gasteiger partial charge in [0.15, 0.2) is 21.6 Å². The van der Waals surface area contributed by atoms with Crippen molar-refractivity contribution < 1.29 is 14.3 Å². The summed E-state index contributed by atoms with van der Waals surface area (Å²) in [6, 6.07) is 5.04. The number of Topliss-reactive ketones (excluding diaryl/α,β-unsaturated/α-hetero) is 1. The summed E-state index contributed by atoms with van der Waals surface area (Å²) < 4.78 is 9.99. The summed E-state index contributed by atoms with van der Waals surface area (Å²) in [4.78, 5) is 11.6. The van der Waals surface area contributed by atoms with E-state index < -0.39 is 4.29 Å². The molecule has 0 N–H and O–H groups in total. The smallest absolute Gasteiger partial charge is 0.191 e. The number of hydrogen-bond acceptors (Lipinski definition) is 3. The van der Waals surface area contributed by atoms with Crippen LogP contribution in [0, 0.1) is 0 Å². The molecule has 0 saturated heterocycles. The zero-order valence-electron chi connectivity index (χ0n) is 7.70. The highest BCUT2D eigenvalue weighted by Gasteiger charge is 2.18. The Kier molecular flexibility index (Phi) is 3.17. The Hall–Kier alpha value is -0.740. The lowest BCUT2D eigenvalue weighted by Crippen LogP contribution is -2.16. The van der Waals surface area contributed by atoms with Crippen LogP contribution >= 0.6 is 27.5 Å². The molecule has 1 heterocycles. The van der Waals surface area contributed by atoms with Gasteiger partial charge in [0.05, 0.1) is 0 Å². The number of ketones is 1. The first-order chi connectivity index (χ1) is 7.18. The summed E-state index contributed by atoms with van der Waals surface area (Å²) >= 11 is 8.66. The average Bonchev–Trinajstić information content (AvgIpc) is 2.27. The second kappa shape index (κ2) is 4.41. The summed E-state index contributed by atoms with van der Waals surface area (Å²) in [7, 11) is 0. The van der Waals surface area contributed by atoms with Gasteiger partial charge < -0.3 is 9.47 Å². The van der Waals surface area contributed by atoms with E-state index in [0.717, 1.165) is 0 Å². The highest BCUT2D eigenvalue weighted by molar-refractivity contribution is 9.10. The van der Waals surface area contributed by atoms with Crippen LogP contribution in [0.4, 0.5) is 0 Å². The fourth-order valence-corrected chi connectivity index (χ4v) is 1.71. The molecule has 1 aliphatic rings. The van der Waals surface area contributed by atoms with Crippen molar-refractivity contribution in [1.29, 1.82) is 0 Å². The number of alkyl halides is 2. The van der Waals surface area contributed by atoms with Gasteiger partial charge in [0.1, 0.15) is 13.2 Å². The van der Waals surface area contributed by atoms with E-state index in [1.165, 1.54) is 0 Å². The maximum absolute atomic E-state index is 11.6. The Bertz CT molecular complexity index is 392. The maximum Gasteiger partial charge on any atom is 0.191 e. The topological polar surface area (TPSA) is 35.5 Å². The van der Waals surface area contributed by atoms with Crippen molar-refractivity contribution in [3.05, 3.63) is 23.8 Å². The summed E-state index contributed by atoms with van der Waals surface area (Å²) in [5.41, 5.74) is 0.510. The molecule has 3 nitrogen and oxygen atoms in total. The van der Waals surface area contributed by atoms with Crippen LogP contribution < -0.4 is 9.47 Å². The lowest BCUT2D eigenvalue weighted by Gasteiger charge is -2.18. The number of hydrogen-bond donors (Lipinski definition) is 0. The number of carbonyl (C=O) groups is 1. The van der Waals surface area contributed by atoms with E-state index >= 15 is 0 Å². The van der Waals surface area contributed by atoms with Gasteiger partial charge in [-0.25, -0.2) is 0 Å². The molecule has 0 bridgehead atoms. The van der Waals surface area contributed by atoms with Gasteiger partial charge in [-0.1, -0.05) is 15.9 Å². The third kappa shape index (κ3) is 2.26. The van der Waals surface area contributed by atoms with Crippen LogP contribution in [0.5, 0.6) is 11.5 Å². The first-order valence-corrected chi connectivity index (χ1v) is 5.75. The van der Waals surface area contributed by atoms with Crippen molar-refractivity contribution in [3.8, 4) is 11.5 Å². The largest absolute Gasteiger partial charge is 0.486 e. The molecular weight excluding hydrogens is 283 g/mol. The maximum atomic E-state index is 11.6. The molecule has 0 aromatic heterocycles. The minimum atomic E-state index is -0.708. The van der Waals surface area contributed by atoms with Crippen molar-refractivity contribution >= 4 is 33.3 Å². The van der Waals surface area contributed by atoms with Crippen LogP contribution in [0.1, 0.15) is 10.4 Å². The number of ether oxygens (including phenoxy) is 2. The predicted molar refractivity (Wildman–Crippen MR) is 60.3 cm³/mol. The highest BCUT2D eigenvalue weighted by atomic mass is 79.9. The van der Waals surface area contributed by atoms with Crippen molar-refractivity contribution in [2.75, 3.05) is 13.2 Å². The van der Waals surface area contributed by atoms with Crippen molar-refractivity contribution in [2.24, 2.45) is 0 Å². The number of fused-ring (bicyclic) bond motifs is 1. The van der Waals surface area contributed by atoms with Gasteiger partial charge in [-0.2, -0.15) is 0 Å². The third-order valence-electron chi connectivity index (χ3n) is 2.02. The third-order valence-corrected chi connectivity index (χ3v) is 2.64. The van der Waals surface area contributed by atoms with Crippen molar-refractivity contribution in [1.82, 2.24) is 0 Å². The SMILES string of the molecule is O=C(c1ccc2c(c1)OCCO2)C(Cl)Br. The monoisotopic (exact) mass is 290 g/mol. The van der Waals surface area contributed by atoms with Gasteiger partial charge in [0.2, 0.25) is 0 Å². The Labute approximate surface area is 100 Å². The first kappa shape index (κ1) is 10.8. The van der Waals surface area contributed by atoms with Gasteiger partial charge in [-0.3, -0.25) is 4.79 Å².